The molecule has 5 N–H and O–H groups in total. The van der Waals surface area contributed by atoms with Crippen LogP contribution in [0.1, 0.15) is 229 Å². The van der Waals surface area contributed by atoms with Gasteiger partial charge in [-0.3, -0.25) is 14.5 Å². The van der Waals surface area contributed by atoms with Crippen LogP contribution in [0.2, 0.25) is 0 Å². The van der Waals surface area contributed by atoms with Gasteiger partial charge in [-0.1, -0.05) is 209 Å². The lowest BCUT2D eigenvalue weighted by molar-refractivity contribution is -0.139. The lowest BCUT2D eigenvalue weighted by Crippen LogP contribution is -2.35. The van der Waals surface area contributed by atoms with Crippen molar-refractivity contribution in [3.8, 4) is 0 Å². The van der Waals surface area contributed by atoms with Gasteiger partial charge in [0, 0.05) is 46.9 Å². The Morgan fingerprint density at radius 1 is 0.390 bits per heavy atom. The number of alkyl halides is 1. The SMILES string of the molecule is C.C.C.C.C.C.C.C.C.C.C.C.C.C.C=CC1CC(/C=C\C2CC(C=C)C(COC(=O)NCCOC(=O)C(=C)C)C2)C(CCCl)C1.C=CC1CC(/C=C\C2CC(C=C)C(COC(=O)NCCOC(=O)C(=C)C)C2)C(CN)C1.C=CC1CC(/C=C\C2CC(C=C)C(COC(=O)NCCOC(=O)C(=C)C)C2)C(CN2C(=O)c3ccccc3C2=O)C1. The first-order valence-electron chi connectivity index (χ1n) is 37.2. The Balaban J connectivity index is -0.000000206. The molecular formula is C98H172ClN5O14. The number of benzene rings is 1. The predicted molar refractivity (Wildman–Crippen MR) is 503 cm³/mol. The summed E-state index contributed by atoms with van der Waals surface area (Å²) in [5.41, 5.74) is 7.90. The van der Waals surface area contributed by atoms with E-state index in [2.05, 4.69) is 124 Å². The van der Waals surface area contributed by atoms with E-state index in [9.17, 15) is 38.4 Å². The number of esters is 3. The molecule has 18 atom stereocenters. The third kappa shape index (κ3) is 40.2. The topological polar surface area (TPSA) is 257 Å². The Labute approximate surface area is 726 Å². The van der Waals surface area contributed by atoms with Crippen LogP contribution in [-0.4, -0.2) is 131 Å². The fraction of sp³-hybridized carbons (Fsp3) is 0.612. The molecular weight excluding hydrogens is 1510 g/mol. The summed E-state index contributed by atoms with van der Waals surface area (Å²) in [6.45, 7) is 42.0. The lowest BCUT2D eigenvalue weighted by atomic mass is 9.91. The number of ether oxygens (including phenoxy) is 6. The van der Waals surface area contributed by atoms with E-state index in [4.69, 9.17) is 45.8 Å². The minimum absolute atomic E-state index is 0. The second-order valence-corrected chi connectivity index (χ2v) is 29.7. The van der Waals surface area contributed by atoms with Gasteiger partial charge in [0.15, 0.2) is 0 Å². The van der Waals surface area contributed by atoms with E-state index < -0.39 is 36.2 Å². The van der Waals surface area contributed by atoms with Gasteiger partial charge in [-0.2, -0.15) is 0 Å². The second-order valence-electron chi connectivity index (χ2n) is 29.3. The van der Waals surface area contributed by atoms with Crippen molar-refractivity contribution in [1.82, 2.24) is 20.9 Å². The first kappa shape index (κ1) is 128. The molecule has 18 unspecified atom stereocenters. The molecule has 6 saturated carbocycles. The van der Waals surface area contributed by atoms with E-state index in [-0.39, 0.29) is 197 Å². The van der Waals surface area contributed by atoms with Gasteiger partial charge in [0.2, 0.25) is 0 Å². The van der Waals surface area contributed by atoms with Gasteiger partial charge >= 0.3 is 36.2 Å². The highest BCUT2D eigenvalue weighted by molar-refractivity contribution is 6.21. The number of carbonyl (C=O) groups excluding carboxylic acids is 8. The van der Waals surface area contributed by atoms with Gasteiger partial charge in [-0.25, -0.2) is 28.8 Å². The molecule has 1 aliphatic heterocycles. The summed E-state index contributed by atoms with van der Waals surface area (Å²) in [6, 6.07) is 7.01. The molecule has 8 rings (SSSR count). The monoisotopic (exact) mass is 1680 g/mol. The number of hydrogen-bond donors (Lipinski definition) is 4. The zero-order chi connectivity index (χ0) is 75.8. The fourth-order valence-electron chi connectivity index (χ4n) is 15.9. The van der Waals surface area contributed by atoms with E-state index in [0.29, 0.717) is 124 Å². The van der Waals surface area contributed by atoms with Gasteiger partial charge in [-0.15, -0.1) is 51.1 Å². The molecule has 6 fully saturated rings. The summed E-state index contributed by atoms with van der Waals surface area (Å²) in [6.07, 6.45) is 37.8. The smallest absolute Gasteiger partial charge is 0.407 e. The van der Waals surface area contributed by atoms with Crippen LogP contribution < -0.4 is 21.7 Å². The van der Waals surface area contributed by atoms with E-state index in [1.165, 1.54) is 11.3 Å². The Morgan fingerprint density at radius 2 is 0.661 bits per heavy atom. The van der Waals surface area contributed by atoms with Crippen molar-refractivity contribution in [2.24, 2.45) is 112 Å². The Kier molecular flexibility index (Phi) is 72.0. The molecule has 0 spiro atoms. The van der Waals surface area contributed by atoms with E-state index in [0.717, 1.165) is 83.6 Å². The Bertz CT molecular complexity index is 3250. The first-order valence-corrected chi connectivity index (χ1v) is 37.7. The van der Waals surface area contributed by atoms with Crippen molar-refractivity contribution in [1.29, 1.82) is 0 Å². The highest BCUT2D eigenvalue weighted by Crippen LogP contribution is 2.46. The van der Waals surface area contributed by atoms with Crippen molar-refractivity contribution in [2.75, 3.05) is 78.2 Å². The number of allylic oxidation sites excluding steroid dienone is 12. The van der Waals surface area contributed by atoms with Crippen molar-refractivity contribution in [2.45, 2.75) is 208 Å². The van der Waals surface area contributed by atoms with Gasteiger partial charge in [-0.05, 0) is 212 Å². The maximum Gasteiger partial charge on any atom is 0.407 e. The number of carbonyl (C=O) groups is 8. The minimum atomic E-state index is -0.546. The van der Waals surface area contributed by atoms with Crippen LogP contribution in [0.4, 0.5) is 14.4 Å². The molecule has 0 bridgehead atoms. The number of fused-ring (bicyclic) bond motifs is 1. The lowest BCUT2D eigenvalue weighted by Gasteiger charge is -2.22. The molecule has 680 valence electrons. The minimum Gasteiger partial charge on any atom is -0.460 e. The number of amides is 5. The molecule has 0 saturated heterocycles. The molecule has 5 amide bonds. The van der Waals surface area contributed by atoms with Gasteiger partial charge in [0.05, 0.1) is 50.6 Å². The molecule has 20 heteroatoms. The summed E-state index contributed by atoms with van der Waals surface area (Å²) >= 11 is 6.02. The van der Waals surface area contributed by atoms with E-state index >= 15 is 0 Å². The number of hydrogen-bond acceptors (Lipinski definition) is 15. The molecule has 0 aromatic heterocycles. The van der Waals surface area contributed by atoms with Crippen molar-refractivity contribution < 1.29 is 66.8 Å². The fourth-order valence-corrected chi connectivity index (χ4v) is 16.1. The molecule has 118 heavy (non-hydrogen) atoms. The van der Waals surface area contributed by atoms with Gasteiger partial charge in [0.1, 0.15) is 19.8 Å². The molecule has 1 aromatic rings. The summed E-state index contributed by atoms with van der Waals surface area (Å²) in [7, 11) is 0. The number of rotatable bonds is 35. The van der Waals surface area contributed by atoms with Crippen molar-refractivity contribution in [3.05, 3.63) is 184 Å². The van der Waals surface area contributed by atoms with Crippen LogP contribution in [0.25, 0.3) is 0 Å². The zero-order valence-corrected chi connectivity index (χ0v) is 62.5. The number of nitrogens with zero attached hydrogens (tertiary/aromatic N) is 1. The normalized spacial score (nSPS) is 25.3. The number of alkyl carbamates (subject to hydrolysis) is 3. The van der Waals surface area contributed by atoms with Crippen molar-refractivity contribution >= 4 is 59.6 Å². The molecule has 7 aliphatic rings. The summed E-state index contributed by atoms with van der Waals surface area (Å²) < 4.78 is 31.1. The predicted octanol–water partition coefficient (Wildman–Crippen LogP) is 23.9. The average Bonchev–Trinajstić information content (AvgIpc) is 1.63. The third-order valence-corrected chi connectivity index (χ3v) is 22.0. The van der Waals surface area contributed by atoms with Crippen molar-refractivity contribution in [3.63, 3.8) is 0 Å². The zero-order valence-electron chi connectivity index (χ0n) is 61.8. The Morgan fingerprint density at radius 3 is 0.941 bits per heavy atom. The molecule has 1 heterocycles. The van der Waals surface area contributed by atoms with Gasteiger partial charge < -0.3 is 50.1 Å². The van der Waals surface area contributed by atoms with Crippen LogP contribution in [0.3, 0.4) is 0 Å². The van der Waals surface area contributed by atoms with Crippen LogP contribution in [0.15, 0.2) is 173 Å². The van der Waals surface area contributed by atoms with Crippen LogP contribution in [0.5, 0.6) is 0 Å². The molecule has 0 radical (unpaired) electrons. The van der Waals surface area contributed by atoms with Crippen LogP contribution >= 0.6 is 11.6 Å². The van der Waals surface area contributed by atoms with Gasteiger partial charge in [0.25, 0.3) is 11.8 Å². The van der Waals surface area contributed by atoms with Crippen LogP contribution in [-0.2, 0) is 42.8 Å². The number of nitrogens with two attached hydrogens (primary N) is 1. The highest BCUT2D eigenvalue weighted by Gasteiger charge is 2.42. The standard InChI is InChI=1S/C33H40N2O6.C26H38ClNO4.C25H38N2O4.14CH4/c1-5-22-15-25(26(16-22)19-35-30(36)28-9-7-8-10-29(28)31(35)37)12-11-23-17-24(6-2)27(18-23)20-41-33(39)34-13-14-40-32(38)21(3)4;1-5-19-13-22(23(14-19)9-10-27)8-7-20-15-21(6-2)24(16-20)17-32-26(30)28-11-12-31-25(29)18(3)4;1-5-18-11-21(22(12-18)15-26)8-7-19-13-20(6-2)23(14-19)16-31-25(29)27-9-10-30-24(28)17(3)4;;;;;;;;;;;;;;/h5-12,22-27H,1-3,13-20H2,4H3,(H,34,39);5-8,19-24H,1-3,9-17H2,4H3,(H,28,30);5-8,18-23H,1-3,9-16,26H2,4H3,(H,27,29);14*1H4/b12-11-;2*8-7-;;;;;;;;;;;;;;. The average molecular weight is 1680 g/mol. The van der Waals surface area contributed by atoms with Crippen LogP contribution in [0, 0.1) is 107 Å². The molecule has 6 aliphatic carbocycles. The third-order valence-electron chi connectivity index (χ3n) is 21.7. The number of halogens is 1. The maximum atomic E-state index is 13.0. The largest absolute Gasteiger partial charge is 0.460 e. The molecule has 1 aromatic carbocycles. The number of nitrogens with one attached hydrogen (secondary N) is 3. The summed E-state index contributed by atoms with van der Waals surface area (Å²) in [5.74, 6) is 5.86. The van der Waals surface area contributed by atoms with E-state index in [1.54, 1.807) is 45.0 Å². The number of imide groups is 1. The quantitative estimate of drug-likeness (QED) is 0.00937. The highest BCUT2D eigenvalue weighted by atomic mass is 35.5. The summed E-state index contributed by atoms with van der Waals surface area (Å²) in [4.78, 5) is 97.4. The molecule has 19 nitrogen and oxygen atoms in total. The Hall–Kier alpha value is -8.29. The van der Waals surface area contributed by atoms with E-state index in [1.807, 2.05) is 24.3 Å². The second kappa shape index (κ2) is 66.5. The maximum absolute atomic E-state index is 13.0. The first-order chi connectivity index (χ1) is 50.0. The summed E-state index contributed by atoms with van der Waals surface area (Å²) in [5, 5.41) is 7.80.